The van der Waals surface area contributed by atoms with Crippen molar-refractivity contribution in [2.45, 2.75) is 57.7 Å². The Hall–Kier alpha value is -1.62. The van der Waals surface area contributed by atoms with E-state index < -0.39 is 0 Å². The average Bonchev–Trinajstić information content (AvgIpc) is 2.53. The Morgan fingerprint density at radius 3 is 2.90 bits per heavy atom. The first kappa shape index (κ1) is 15.8. The molecule has 0 spiro atoms. The Morgan fingerprint density at radius 2 is 2.19 bits per heavy atom. The molecule has 1 heterocycles. The molecule has 0 aromatic carbocycles. The maximum Gasteiger partial charge on any atom is 0.237 e. The highest BCUT2D eigenvalue weighted by Gasteiger charge is 2.19. The fourth-order valence-electron chi connectivity index (χ4n) is 2.61. The Kier molecular flexibility index (Phi) is 5.99. The first-order valence-electron chi connectivity index (χ1n) is 7.71. The van der Waals surface area contributed by atoms with Gasteiger partial charge in [-0.15, -0.1) is 0 Å². The van der Waals surface area contributed by atoms with Crippen LogP contribution < -0.4 is 15.4 Å². The van der Waals surface area contributed by atoms with Gasteiger partial charge >= 0.3 is 0 Å². The van der Waals surface area contributed by atoms with Gasteiger partial charge < -0.3 is 15.4 Å². The van der Waals surface area contributed by atoms with Gasteiger partial charge in [0, 0.05) is 24.8 Å². The Morgan fingerprint density at radius 1 is 1.43 bits per heavy atom. The molecule has 1 aromatic rings. The SMILES string of the molecule is COc1cc(CNC(C)C(=O)NC2CCCCC2)ccn1. The summed E-state index contributed by atoms with van der Waals surface area (Å²) in [6.45, 7) is 2.52. The van der Waals surface area contributed by atoms with Crippen molar-refractivity contribution < 1.29 is 9.53 Å². The summed E-state index contributed by atoms with van der Waals surface area (Å²) in [6, 6.07) is 3.95. The standard InChI is InChI=1S/C16H25N3O2/c1-12(16(20)19-14-6-4-3-5-7-14)18-11-13-8-9-17-15(10-13)21-2/h8-10,12,14,18H,3-7,11H2,1-2H3,(H,19,20). The van der Waals surface area contributed by atoms with E-state index in [9.17, 15) is 4.79 Å². The quantitative estimate of drug-likeness (QED) is 0.841. The van der Waals surface area contributed by atoms with Crippen LogP contribution in [0, 0.1) is 0 Å². The highest BCUT2D eigenvalue weighted by molar-refractivity contribution is 5.81. The Labute approximate surface area is 126 Å². The van der Waals surface area contributed by atoms with E-state index in [-0.39, 0.29) is 11.9 Å². The summed E-state index contributed by atoms with van der Waals surface area (Å²) < 4.78 is 5.09. The van der Waals surface area contributed by atoms with Crippen LogP contribution in [-0.2, 0) is 11.3 Å². The molecule has 0 saturated heterocycles. The molecule has 2 N–H and O–H groups in total. The predicted octanol–water partition coefficient (Wildman–Crippen LogP) is 2.02. The lowest BCUT2D eigenvalue weighted by Gasteiger charge is -2.24. The van der Waals surface area contributed by atoms with Gasteiger partial charge in [0.1, 0.15) is 0 Å². The van der Waals surface area contributed by atoms with E-state index in [2.05, 4.69) is 15.6 Å². The van der Waals surface area contributed by atoms with Crippen LogP contribution in [0.1, 0.15) is 44.6 Å². The molecule has 1 amide bonds. The van der Waals surface area contributed by atoms with Gasteiger partial charge in [0.15, 0.2) is 0 Å². The third kappa shape index (κ3) is 5.01. The summed E-state index contributed by atoms with van der Waals surface area (Å²) in [4.78, 5) is 16.2. The van der Waals surface area contributed by atoms with E-state index in [1.54, 1.807) is 13.3 Å². The molecular formula is C16H25N3O2. The minimum atomic E-state index is -0.203. The van der Waals surface area contributed by atoms with Gasteiger partial charge in [0.2, 0.25) is 11.8 Å². The number of ether oxygens (including phenoxy) is 1. The van der Waals surface area contributed by atoms with E-state index in [0.717, 1.165) is 18.4 Å². The van der Waals surface area contributed by atoms with Gasteiger partial charge in [-0.05, 0) is 31.4 Å². The van der Waals surface area contributed by atoms with Crippen LogP contribution in [0.3, 0.4) is 0 Å². The maximum absolute atomic E-state index is 12.1. The van der Waals surface area contributed by atoms with Crippen LogP contribution in [0.5, 0.6) is 5.88 Å². The van der Waals surface area contributed by atoms with Crippen molar-refractivity contribution in [1.82, 2.24) is 15.6 Å². The fraction of sp³-hybridized carbons (Fsp3) is 0.625. The Balaban J connectivity index is 1.77. The number of hydrogen-bond acceptors (Lipinski definition) is 4. The number of hydrogen-bond donors (Lipinski definition) is 2. The highest BCUT2D eigenvalue weighted by Crippen LogP contribution is 2.17. The maximum atomic E-state index is 12.1. The summed E-state index contributed by atoms with van der Waals surface area (Å²) >= 11 is 0. The second kappa shape index (κ2) is 7.98. The molecule has 5 heteroatoms. The van der Waals surface area contributed by atoms with Gasteiger partial charge in [-0.3, -0.25) is 4.79 Å². The number of pyridine rings is 1. The first-order chi connectivity index (χ1) is 10.2. The van der Waals surface area contributed by atoms with Gasteiger partial charge in [-0.2, -0.15) is 0 Å². The van der Waals surface area contributed by atoms with Crippen LogP contribution in [0.4, 0.5) is 0 Å². The van der Waals surface area contributed by atoms with Gasteiger partial charge in [-0.1, -0.05) is 19.3 Å². The fourth-order valence-corrected chi connectivity index (χ4v) is 2.61. The van der Waals surface area contributed by atoms with Gasteiger partial charge in [0.25, 0.3) is 0 Å². The van der Waals surface area contributed by atoms with Crippen LogP contribution >= 0.6 is 0 Å². The second-order valence-corrected chi connectivity index (χ2v) is 5.65. The van der Waals surface area contributed by atoms with E-state index in [0.29, 0.717) is 18.5 Å². The molecule has 21 heavy (non-hydrogen) atoms. The summed E-state index contributed by atoms with van der Waals surface area (Å²) in [5, 5.41) is 6.38. The lowest BCUT2D eigenvalue weighted by molar-refractivity contribution is -0.123. The largest absolute Gasteiger partial charge is 0.481 e. The van der Waals surface area contributed by atoms with Crippen molar-refractivity contribution in [3.63, 3.8) is 0 Å². The van der Waals surface area contributed by atoms with Crippen LogP contribution in [0.25, 0.3) is 0 Å². The molecule has 0 bridgehead atoms. The number of amides is 1. The van der Waals surface area contributed by atoms with Crippen molar-refractivity contribution in [3.8, 4) is 5.88 Å². The molecule has 0 radical (unpaired) electrons. The lowest BCUT2D eigenvalue weighted by Crippen LogP contribution is -2.46. The van der Waals surface area contributed by atoms with Crippen molar-refractivity contribution in [3.05, 3.63) is 23.9 Å². The Bertz CT molecular complexity index is 459. The number of aromatic nitrogens is 1. The number of nitrogens with zero attached hydrogens (tertiary/aromatic N) is 1. The van der Waals surface area contributed by atoms with Crippen LogP contribution in [0.2, 0.25) is 0 Å². The third-order valence-corrected chi connectivity index (χ3v) is 3.97. The molecule has 1 atom stereocenters. The number of methoxy groups -OCH3 is 1. The summed E-state index contributed by atoms with van der Waals surface area (Å²) in [7, 11) is 1.60. The molecule has 1 aliphatic rings. The monoisotopic (exact) mass is 291 g/mol. The predicted molar refractivity (Wildman–Crippen MR) is 82.1 cm³/mol. The second-order valence-electron chi connectivity index (χ2n) is 5.65. The summed E-state index contributed by atoms with van der Waals surface area (Å²) in [6.07, 6.45) is 7.68. The zero-order chi connectivity index (χ0) is 15.1. The summed E-state index contributed by atoms with van der Waals surface area (Å²) in [5.74, 6) is 0.677. The van der Waals surface area contributed by atoms with E-state index >= 15 is 0 Å². The minimum Gasteiger partial charge on any atom is -0.481 e. The summed E-state index contributed by atoms with van der Waals surface area (Å²) in [5.41, 5.74) is 1.05. The first-order valence-corrected chi connectivity index (χ1v) is 7.71. The molecule has 1 unspecified atom stereocenters. The lowest BCUT2D eigenvalue weighted by atomic mass is 9.95. The molecule has 5 nitrogen and oxygen atoms in total. The zero-order valence-electron chi connectivity index (χ0n) is 12.9. The minimum absolute atomic E-state index is 0.0860. The van der Waals surface area contributed by atoms with Crippen molar-refractivity contribution >= 4 is 5.91 Å². The third-order valence-electron chi connectivity index (χ3n) is 3.97. The van der Waals surface area contributed by atoms with Crippen LogP contribution in [0.15, 0.2) is 18.3 Å². The van der Waals surface area contributed by atoms with E-state index in [1.807, 2.05) is 19.1 Å². The zero-order valence-corrected chi connectivity index (χ0v) is 12.9. The van der Waals surface area contributed by atoms with E-state index in [1.165, 1.54) is 19.3 Å². The number of carbonyl (C=O) groups is 1. The van der Waals surface area contributed by atoms with Crippen LogP contribution in [-0.4, -0.2) is 30.1 Å². The van der Waals surface area contributed by atoms with Crippen molar-refractivity contribution in [2.75, 3.05) is 7.11 Å². The average molecular weight is 291 g/mol. The van der Waals surface area contributed by atoms with E-state index in [4.69, 9.17) is 4.74 Å². The molecule has 1 aliphatic carbocycles. The number of nitrogens with one attached hydrogen (secondary N) is 2. The molecular weight excluding hydrogens is 266 g/mol. The molecule has 0 aliphatic heterocycles. The number of carbonyl (C=O) groups excluding carboxylic acids is 1. The smallest absolute Gasteiger partial charge is 0.237 e. The highest BCUT2D eigenvalue weighted by atomic mass is 16.5. The molecule has 116 valence electrons. The molecule has 1 aromatic heterocycles. The van der Waals surface area contributed by atoms with Gasteiger partial charge in [0.05, 0.1) is 13.2 Å². The van der Waals surface area contributed by atoms with Crippen molar-refractivity contribution in [1.29, 1.82) is 0 Å². The topological polar surface area (TPSA) is 63.2 Å². The van der Waals surface area contributed by atoms with Crippen molar-refractivity contribution in [2.24, 2.45) is 0 Å². The normalized spacial score (nSPS) is 17.2. The number of rotatable bonds is 6. The molecule has 2 rings (SSSR count). The molecule has 1 saturated carbocycles. The van der Waals surface area contributed by atoms with Gasteiger partial charge in [-0.25, -0.2) is 4.98 Å². The molecule has 1 fully saturated rings.